The molecule has 0 unspecified atom stereocenters. The van der Waals surface area contributed by atoms with Gasteiger partial charge in [0.15, 0.2) is 0 Å². The molecule has 3 rings (SSSR count). The molecule has 0 fully saturated rings. The van der Waals surface area contributed by atoms with E-state index in [9.17, 15) is 4.79 Å². The highest BCUT2D eigenvalue weighted by atomic mass is 16.5. The molecule has 25 heavy (non-hydrogen) atoms. The average Bonchev–Trinajstić information content (AvgIpc) is 2.57. The summed E-state index contributed by atoms with van der Waals surface area (Å²) in [6.45, 7) is 8.00. The Morgan fingerprint density at radius 3 is 2.72 bits per heavy atom. The fourth-order valence-corrected chi connectivity index (χ4v) is 2.96. The highest BCUT2D eigenvalue weighted by molar-refractivity contribution is 5.90. The molecule has 3 aromatic rings. The van der Waals surface area contributed by atoms with E-state index in [0.29, 0.717) is 6.61 Å². The van der Waals surface area contributed by atoms with Crippen molar-refractivity contribution in [3.05, 3.63) is 65.0 Å². The number of fused-ring (bicyclic) bond motifs is 1. The van der Waals surface area contributed by atoms with Crippen molar-refractivity contribution < 1.29 is 9.53 Å². The van der Waals surface area contributed by atoms with E-state index in [1.807, 2.05) is 56.4 Å². The number of hydrogen-bond donors (Lipinski definition) is 1. The number of anilines is 1. The van der Waals surface area contributed by atoms with Gasteiger partial charge in [-0.1, -0.05) is 18.2 Å². The van der Waals surface area contributed by atoms with Gasteiger partial charge in [-0.25, -0.2) is 0 Å². The lowest BCUT2D eigenvalue weighted by atomic mass is 10.0. The third kappa shape index (κ3) is 3.63. The quantitative estimate of drug-likeness (QED) is 0.752. The van der Waals surface area contributed by atoms with E-state index in [0.717, 1.165) is 44.6 Å². The van der Waals surface area contributed by atoms with Gasteiger partial charge in [-0.3, -0.25) is 9.78 Å². The van der Waals surface area contributed by atoms with Gasteiger partial charge >= 0.3 is 0 Å². The van der Waals surface area contributed by atoms with Crippen LogP contribution >= 0.6 is 0 Å². The minimum Gasteiger partial charge on any atom is -0.488 e. The van der Waals surface area contributed by atoms with Gasteiger partial charge in [0.25, 0.3) is 0 Å². The summed E-state index contributed by atoms with van der Waals surface area (Å²) >= 11 is 0. The van der Waals surface area contributed by atoms with Gasteiger partial charge in [-0.2, -0.15) is 0 Å². The zero-order valence-corrected chi connectivity index (χ0v) is 15.0. The van der Waals surface area contributed by atoms with Crippen LogP contribution in [0.25, 0.3) is 10.8 Å². The van der Waals surface area contributed by atoms with Gasteiger partial charge < -0.3 is 10.1 Å². The third-order valence-electron chi connectivity index (χ3n) is 4.38. The Morgan fingerprint density at radius 2 is 1.96 bits per heavy atom. The van der Waals surface area contributed by atoms with E-state index < -0.39 is 0 Å². The standard InChI is InChI=1S/C21H22N2O2/c1-13-8-9-20(23-16(4)24)15(3)19(13)12-25-21-7-5-6-17-11-22-14(2)10-18(17)21/h5-11H,12H2,1-4H3,(H,23,24). The van der Waals surface area contributed by atoms with Crippen LogP contribution < -0.4 is 10.1 Å². The molecular formula is C21H22N2O2. The van der Waals surface area contributed by atoms with Crippen LogP contribution in [0.1, 0.15) is 29.3 Å². The molecule has 4 nitrogen and oxygen atoms in total. The minimum atomic E-state index is -0.0733. The maximum atomic E-state index is 11.4. The summed E-state index contributed by atoms with van der Waals surface area (Å²) in [5.74, 6) is 0.766. The summed E-state index contributed by atoms with van der Waals surface area (Å²) in [7, 11) is 0. The number of nitrogens with one attached hydrogen (secondary N) is 1. The lowest BCUT2D eigenvalue weighted by Gasteiger charge is -2.16. The Morgan fingerprint density at radius 1 is 1.16 bits per heavy atom. The number of nitrogens with zero attached hydrogens (tertiary/aromatic N) is 1. The molecule has 0 atom stereocenters. The van der Waals surface area contributed by atoms with Crippen molar-refractivity contribution in [1.82, 2.24) is 4.98 Å². The van der Waals surface area contributed by atoms with Crippen molar-refractivity contribution in [1.29, 1.82) is 0 Å². The predicted molar refractivity (Wildman–Crippen MR) is 101 cm³/mol. The van der Waals surface area contributed by atoms with Crippen LogP contribution in [0, 0.1) is 20.8 Å². The van der Waals surface area contributed by atoms with E-state index >= 15 is 0 Å². The highest BCUT2D eigenvalue weighted by Crippen LogP contribution is 2.28. The lowest BCUT2D eigenvalue weighted by Crippen LogP contribution is -2.10. The summed E-state index contributed by atoms with van der Waals surface area (Å²) in [6, 6.07) is 12.0. The maximum Gasteiger partial charge on any atom is 0.221 e. The molecule has 0 aliphatic heterocycles. The van der Waals surface area contributed by atoms with Gasteiger partial charge in [0.1, 0.15) is 12.4 Å². The Balaban J connectivity index is 1.92. The molecular weight excluding hydrogens is 312 g/mol. The maximum absolute atomic E-state index is 11.4. The van der Waals surface area contributed by atoms with E-state index in [1.165, 1.54) is 6.92 Å². The first-order chi connectivity index (χ1) is 12.0. The molecule has 0 spiro atoms. The second-order valence-corrected chi connectivity index (χ2v) is 6.31. The van der Waals surface area contributed by atoms with Crippen LogP contribution in [0.5, 0.6) is 5.75 Å². The third-order valence-corrected chi connectivity index (χ3v) is 4.38. The van der Waals surface area contributed by atoms with Crippen LogP contribution in [0.2, 0.25) is 0 Å². The molecule has 4 heteroatoms. The molecule has 1 heterocycles. The number of aryl methyl sites for hydroxylation is 2. The fraction of sp³-hybridized carbons (Fsp3) is 0.238. The summed E-state index contributed by atoms with van der Waals surface area (Å²) in [5.41, 5.74) is 5.06. The summed E-state index contributed by atoms with van der Waals surface area (Å²) < 4.78 is 6.14. The lowest BCUT2D eigenvalue weighted by molar-refractivity contribution is -0.114. The first kappa shape index (κ1) is 17.0. The van der Waals surface area contributed by atoms with E-state index in [-0.39, 0.29) is 5.91 Å². The molecule has 0 radical (unpaired) electrons. The number of aromatic nitrogens is 1. The Kier molecular flexibility index (Phi) is 4.70. The van der Waals surface area contributed by atoms with E-state index in [2.05, 4.69) is 17.2 Å². The van der Waals surface area contributed by atoms with Crippen LogP contribution in [0.3, 0.4) is 0 Å². The van der Waals surface area contributed by atoms with Crippen molar-refractivity contribution in [3.63, 3.8) is 0 Å². The average molecular weight is 334 g/mol. The van der Waals surface area contributed by atoms with Crippen LogP contribution in [0.15, 0.2) is 42.6 Å². The number of ether oxygens (including phenoxy) is 1. The molecule has 0 aliphatic carbocycles. The number of benzene rings is 2. The molecule has 0 saturated heterocycles. The number of hydrogen-bond acceptors (Lipinski definition) is 3. The van der Waals surface area contributed by atoms with Crippen molar-refractivity contribution in [2.45, 2.75) is 34.3 Å². The molecule has 2 aromatic carbocycles. The SMILES string of the molecule is CC(=O)Nc1ccc(C)c(COc2cccc3cnc(C)cc23)c1C. The largest absolute Gasteiger partial charge is 0.488 e. The van der Waals surface area contributed by atoms with Gasteiger partial charge in [-0.15, -0.1) is 0 Å². The predicted octanol–water partition coefficient (Wildman–Crippen LogP) is 4.70. The van der Waals surface area contributed by atoms with Crippen molar-refractivity contribution in [2.75, 3.05) is 5.32 Å². The molecule has 1 N–H and O–H groups in total. The molecule has 128 valence electrons. The number of pyridine rings is 1. The number of rotatable bonds is 4. The van der Waals surface area contributed by atoms with E-state index in [1.54, 1.807) is 0 Å². The zero-order valence-electron chi connectivity index (χ0n) is 15.0. The molecule has 1 aromatic heterocycles. The number of carbonyl (C=O) groups excluding carboxylic acids is 1. The fourth-order valence-electron chi connectivity index (χ4n) is 2.96. The van der Waals surface area contributed by atoms with Crippen LogP contribution in [-0.2, 0) is 11.4 Å². The normalized spacial score (nSPS) is 10.7. The summed E-state index contributed by atoms with van der Waals surface area (Å²) in [5, 5.41) is 4.99. The van der Waals surface area contributed by atoms with Crippen molar-refractivity contribution in [3.8, 4) is 5.75 Å². The second kappa shape index (κ2) is 6.93. The highest BCUT2D eigenvalue weighted by Gasteiger charge is 2.10. The Hall–Kier alpha value is -2.88. The smallest absolute Gasteiger partial charge is 0.221 e. The van der Waals surface area contributed by atoms with Crippen molar-refractivity contribution in [2.24, 2.45) is 0 Å². The van der Waals surface area contributed by atoms with Crippen molar-refractivity contribution >= 4 is 22.4 Å². The van der Waals surface area contributed by atoms with Gasteiger partial charge in [-0.05, 0) is 55.7 Å². The number of carbonyl (C=O) groups is 1. The first-order valence-corrected chi connectivity index (χ1v) is 8.30. The first-order valence-electron chi connectivity index (χ1n) is 8.30. The second-order valence-electron chi connectivity index (χ2n) is 6.31. The molecule has 1 amide bonds. The van der Waals surface area contributed by atoms with E-state index in [4.69, 9.17) is 4.74 Å². The summed E-state index contributed by atoms with van der Waals surface area (Å²) in [4.78, 5) is 15.7. The Labute approximate surface area is 147 Å². The van der Waals surface area contributed by atoms with Gasteiger partial charge in [0.05, 0.1) is 0 Å². The summed E-state index contributed by atoms with van der Waals surface area (Å²) in [6.07, 6.45) is 1.87. The number of amides is 1. The van der Waals surface area contributed by atoms with Crippen LogP contribution in [0.4, 0.5) is 5.69 Å². The van der Waals surface area contributed by atoms with Gasteiger partial charge in [0.2, 0.25) is 5.91 Å². The van der Waals surface area contributed by atoms with Crippen LogP contribution in [-0.4, -0.2) is 10.9 Å². The van der Waals surface area contributed by atoms with Gasteiger partial charge in [0, 0.05) is 35.3 Å². The Bertz CT molecular complexity index is 948. The molecule has 0 aliphatic rings. The molecule has 0 bridgehead atoms. The monoisotopic (exact) mass is 334 g/mol. The molecule has 0 saturated carbocycles. The zero-order chi connectivity index (χ0) is 18.0. The minimum absolute atomic E-state index is 0.0733. The topological polar surface area (TPSA) is 51.2 Å².